The van der Waals surface area contributed by atoms with E-state index in [2.05, 4.69) is 15.4 Å². The van der Waals surface area contributed by atoms with Gasteiger partial charge in [-0.2, -0.15) is 8.78 Å². The van der Waals surface area contributed by atoms with E-state index in [1.807, 2.05) is 0 Å². The van der Waals surface area contributed by atoms with E-state index in [0.29, 0.717) is 5.56 Å². The van der Waals surface area contributed by atoms with Crippen LogP contribution in [0.25, 0.3) is 0 Å². The number of benzene rings is 1. The topological polar surface area (TPSA) is 50.4 Å². The maximum Gasteiger partial charge on any atom is 0.387 e. The molecule has 1 aromatic rings. The minimum absolute atomic E-state index is 0.0411. The van der Waals surface area contributed by atoms with Crippen LogP contribution in [0.4, 0.5) is 8.78 Å². The molecule has 6 heteroatoms. The number of carbonyl (C=O) groups excluding carboxylic acids is 1. The Bertz CT molecular complexity index is 434. The van der Waals surface area contributed by atoms with Crippen LogP contribution in [0.2, 0.25) is 0 Å². The minimum atomic E-state index is -2.89. The molecule has 0 radical (unpaired) electrons. The highest BCUT2D eigenvalue weighted by Crippen LogP contribution is 2.20. The van der Waals surface area contributed by atoms with Crippen molar-refractivity contribution in [1.29, 1.82) is 0 Å². The second-order valence-corrected chi connectivity index (χ2v) is 4.42. The fourth-order valence-corrected chi connectivity index (χ4v) is 2.09. The summed E-state index contributed by atoms with van der Waals surface area (Å²) in [6.07, 6.45) is 0.931. The SMILES string of the molecule is O=C(Cc1ccccc1OC(F)F)NC1CCNC1. The Kier molecular flexibility index (Phi) is 4.68. The predicted molar refractivity (Wildman–Crippen MR) is 66.2 cm³/mol. The van der Waals surface area contributed by atoms with E-state index < -0.39 is 6.61 Å². The van der Waals surface area contributed by atoms with Crippen LogP contribution in [0.5, 0.6) is 5.75 Å². The zero-order chi connectivity index (χ0) is 13.7. The Morgan fingerprint density at radius 2 is 2.26 bits per heavy atom. The van der Waals surface area contributed by atoms with Crippen molar-refractivity contribution < 1.29 is 18.3 Å². The highest BCUT2D eigenvalue weighted by molar-refractivity contribution is 5.79. The molecule has 2 rings (SSSR count). The number of rotatable bonds is 5. The molecule has 0 bridgehead atoms. The number of amides is 1. The first-order valence-corrected chi connectivity index (χ1v) is 6.18. The van der Waals surface area contributed by atoms with E-state index in [-0.39, 0.29) is 24.1 Å². The van der Waals surface area contributed by atoms with Gasteiger partial charge in [-0.05, 0) is 19.0 Å². The van der Waals surface area contributed by atoms with Crippen molar-refractivity contribution in [3.63, 3.8) is 0 Å². The minimum Gasteiger partial charge on any atom is -0.435 e. The molecule has 2 N–H and O–H groups in total. The van der Waals surface area contributed by atoms with Crippen LogP contribution >= 0.6 is 0 Å². The lowest BCUT2D eigenvalue weighted by Gasteiger charge is -2.13. The quantitative estimate of drug-likeness (QED) is 0.848. The third-order valence-electron chi connectivity index (χ3n) is 2.97. The molecule has 19 heavy (non-hydrogen) atoms. The lowest BCUT2D eigenvalue weighted by Crippen LogP contribution is -2.37. The molecule has 0 aromatic heterocycles. The normalized spacial score (nSPS) is 18.6. The average Bonchev–Trinajstić information content (AvgIpc) is 2.83. The van der Waals surface area contributed by atoms with Gasteiger partial charge in [0.05, 0.1) is 6.42 Å². The van der Waals surface area contributed by atoms with Crippen LogP contribution in [-0.4, -0.2) is 31.7 Å². The Hall–Kier alpha value is -1.69. The van der Waals surface area contributed by atoms with Crippen molar-refractivity contribution in [3.8, 4) is 5.75 Å². The summed E-state index contributed by atoms with van der Waals surface area (Å²) in [5, 5.41) is 6.00. The van der Waals surface area contributed by atoms with Crippen molar-refractivity contribution in [2.45, 2.75) is 25.5 Å². The van der Waals surface area contributed by atoms with Crippen LogP contribution in [0.15, 0.2) is 24.3 Å². The number of carbonyl (C=O) groups is 1. The van der Waals surface area contributed by atoms with Gasteiger partial charge in [0.15, 0.2) is 0 Å². The standard InChI is InChI=1S/C13H16F2N2O2/c14-13(15)19-11-4-2-1-3-9(11)7-12(18)17-10-5-6-16-8-10/h1-4,10,13,16H,5-8H2,(H,17,18). The molecule has 104 valence electrons. The van der Waals surface area contributed by atoms with Gasteiger partial charge >= 0.3 is 6.61 Å². The summed E-state index contributed by atoms with van der Waals surface area (Å²) in [6, 6.07) is 6.46. The number of hydrogen-bond acceptors (Lipinski definition) is 3. The molecule has 1 amide bonds. The molecule has 1 fully saturated rings. The van der Waals surface area contributed by atoms with Gasteiger partial charge in [0.2, 0.25) is 5.91 Å². The lowest BCUT2D eigenvalue weighted by atomic mass is 10.1. The molecule has 1 saturated heterocycles. The third-order valence-corrected chi connectivity index (χ3v) is 2.97. The molecule has 1 unspecified atom stereocenters. The second kappa shape index (κ2) is 6.47. The Morgan fingerprint density at radius 3 is 2.95 bits per heavy atom. The summed E-state index contributed by atoms with van der Waals surface area (Å²) in [7, 11) is 0. The molecule has 1 heterocycles. The van der Waals surface area contributed by atoms with Crippen molar-refractivity contribution in [2.24, 2.45) is 0 Å². The van der Waals surface area contributed by atoms with Gasteiger partial charge < -0.3 is 15.4 Å². The van der Waals surface area contributed by atoms with E-state index in [9.17, 15) is 13.6 Å². The molecule has 0 aliphatic carbocycles. The Morgan fingerprint density at radius 1 is 1.47 bits per heavy atom. The molecule has 1 aliphatic heterocycles. The summed E-state index contributed by atoms with van der Waals surface area (Å²) >= 11 is 0. The highest BCUT2D eigenvalue weighted by Gasteiger charge is 2.18. The average molecular weight is 270 g/mol. The van der Waals surface area contributed by atoms with Gasteiger partial charge in [-0.25, -0.2) is 0 Å². The van der Waals surface area contributed by atoms with Gasteiger partial charge in [-0.1, -0.05) is 18.2 Å². The molecule has 1 aromatic carbocycles. The predicted octanol–water partition coefficient (Wildman–Crippen LogP) is 1.31. The highest BCUT2D eigenvalue weighted by atomic mass is 19.3. The van der Waals surface area contributed by atoms with Gasteiger partial charge in [0, 0.05) is 18.2 Å². The fraction of sp³-hybridized carbons (Fsp3) is 0.462. The first kappa shape index (κ1) is 13.7. The lowest BCUT2D eigenvalue weighted by molar-refractivity contribution is -0.121. The molecular weight excluding hydrogens is 254 g/mol. The van der Waals surface area contributed by atoms with Gasteiger partial charge in [-0.15, -0.1) is 0 Å². The van der Waals surface area contributed by atoms with E-state index in [4.69, 9.17) is 0 Å². The van der Waals surface area contributed by atoms with Crippen LogP contribution in [-0.2, 0) is 11.2 Å². The maximum absolute atomic E-state index is 12.2. The summed E-state index contributed by atoms with van der Waals surface area (Å²) in [5.41, 5.74) is 0.464. The zero-order valence-electron chi connectivity index (χ0n) is 10.4. The van der Waals surface area contributed by atoms with Crippen LogP contribution in [0.3, 0.4) is 0 Å². The van der Waals surface area contributed by atoms with Crippen molar-refractivity contribution in [1.82, 2.24) is 10.6 Å². The summed E-state index contributed by atoms with van der Waals surface area (Å²) < 4.78 is 28.9. The number of halogens is 2. The monoisotopic (exact) mass is 270 g/mol. The largest absolute Gasteiger partial charge is 0.435 e. The van der Waals surface area contributed by atoms with Crippen molar-refractivity contribution >= 4 is 5.91 Å². The fourth-order valence-electron chi connectivity index (χ4n) is 2.09. The molecule has 0 saturated carbocycles. The van der Waals surface area contributed by atoms with E-state index in [1.54, 1.807) is 18.2 Å². The van der Waals surface area contributed by atoms with Crippen molar-refractivity contribution in [2.75, 3.05) is 13.1 Å². The van der Waals surface area contributed by atoms with Gasteiger partial charge in [0.1, 0.15) is 5.75 Å². The molecule has 1 atom stereocenters. The van der Waals surface area contributed by atoms with Gasteiger partial charge in [-0.3, -0.25) is 4.79 Å². The first-order chi connectivity index (χ1) is 9.15. The van der Waals surface area contributed by atoms with Crippen molar-refractivity contribution in [3.05, 3.63) is 29.8 Å². The van der Waals surface area contributed by atoms with E-state index in [0.717, 1.165) is 19.5 Å². The smallest absolute Gasteiger partial charge is 0.387 e. The van der Waals surface area contributed by atoms with Crippen LogP contribution in [0, 0.1) is 0 Å². The van der Waals surface area contributed by atoms with Crippen LogP contribution < -0.4 is 15.4 Å². The number of para-hydroxylation sites is 1. The summed E-state index contributed by atoms with van der Waals surface area (Å²) in [5.74, 6) is -0.129. The molecule has 1 aliphatic rings. The molecule has 4 nitrogen and oxygen atoms in total. The van der Waals surface area contributed by atoms with E-state index >= 15 is 0 Å². The third kappa shape index (κ3) is 4.17. The molecule has 0 spiro atoms. The first-order valence-electron chi connectivity index (χ1n) is 6.18. The zero-order valence-corrected chi connectivity index (χ0v) is 10.4. The summed E-state index contributed by atoms with van der Waals surface area (Å²) in [4.78, 5) is 11.8. The maximum atomic E-state index is 12.2. The number of hydrogen-bond donors (Lipinski definition) is 2. The second-order valence-electron chi connectivity index (χ2n) is 4.42. The summed E-state index contributed by atoms with van der Waals surface area (Å²) in [6.45, 7) is -1.25. The number of alkyl halides is 2. The Balaban J connectivity index is 1.95. The Labute approximate surface area is 110 Å². The van der Waals surface area contributed by atoms with E-state index in [1.165, 1.54) is 6.07 Å². The molecular formula is C13H16F2N2O2. The number of ether oxygens (including phenoxy) is 1. The number of nitrogens with one attached hydrogen (secondary N) is 2. The van der Waals surface area contributed by atoms with Gasteiger partial charge in [0.25, 0.3) is 0 Å². The van der Waals surface area contributed by atoms with Crippen LogP contribution in [0.1, 0.15) is 12.0 Å².